The highest BCUT2D eigenvalue weighted by Gasteiger charge is 2.04. The maximum atomic E-state index is 4.31. The van der Waals surface area contributed by atoms with Crippen molar-refractivity contribution in [2.75, 3.05) is 7.05 Å². The third-order valence-electron chi connectivity index (χ3n) is 3.09. The summed E-state index contributed by atoms with van der Waals surface area (Å²) in [5, 5.41) is 3.15. The van der Waals surface area contributed by atoms with Crippen LogP contribution in [0.4, 0.5) is 0 Å². The molecule has 0 radical (unpaired) electrons. The van der Waals surface area contributed by atoms with E-state index in [1.807, 2.05) is 19.4 Å². The van der Waals surface area contributed by atoms with E-state index in [2.05, 4.69) is 48.4 Å². The zero-order chi connectivity index (χ0) is 12.3. The van der Waals surface area contributed by atoms with Crippen molar-refractivity contribution in [3.05, 3.63) is 53.3 Å². The van der Waals surface area contributed by atoms with Gasteiger partial charge in [0.15, 0.2) is 0 Å². The highest BCUT2D eigenvalue weighted by atomic mass is 14.8. The molecule has 0 bridgehead atoms. The van der Waals surface area contributed by atoms with Gasteiger partial charge in [-0.15, -0.1) is 0 Å². The highest BCUT2D eigenvalue weighted by Crippen LogP contribution is 2.25. The summed E-state index contributed by atoms with van der Waals surface area (Å²) in [6.45, 7) is 5.16. The van der Waals surface area contributed by atoms with Gasteiger partial charge >= 0.3 is 0 Å². The maximum Gasteiger partial charge on any atom is 0.0346 e. The Balaban J connectivity index is 2.45. The molecule has 2 aromatic rings. The average Bonchev–Trinajstić information content (AvgIpc) is 2.33. The van der Waals surface area contributed by atoms with Gasteiger partial charge in [0.25, 0.3) is 0 Å². The molecule has 0 amide bonds. The Kier molecular flexibility index (Phi) is 3.55. The first-order valence-corrected chi connectivity index (χ1v) is 5.87. The van der Waals surface area contributed by atoms with Gasteiger partial charge in [-0.3, -0.25) is 4.98 Å². The first kappa shape index (κ1) is 11.8. The Morgan fingerprint density at radius 2 is 2.00 bits per heavy atom. The van der Waals surface area contributed by atoms with Crippen molar-refractivity contribution in [1.29, 1.82) is 0 Å². The summed E-state index contributed by atoms with van der Waals surface area (Å²) < 4.78 is 0. The SMILES string of the molecule is CNCc1cncc(-c2cccc(C)c2C)c1. The van der Waals surface area contributed by atoms with Gasteiger partial charge < -0.3 is 5.32 Å². The highest BCUT2D eigenvalue weighted by molar-refractivity contribution is 5.68. The van der Waals surface area contributed by atoms with Crippen molar-refractivity contribution < 1.29 is 0 Å². The van der Waals surface area contributed by atoms with Crippen LogP contribution >= 0.6 is 0 Å². The van der Waals surface area contributed by atoms with E-state index < -0.39 is 0 Å². The van der Waals surface area contributed by atoms with Crippen molar-refractivity contribution in [3.8, 4) is 11.1 Å². The van der Waals surface area contributed by atoms with Crippen molar-refractivity contribution in [2.45, 2.75) is 20.4 Å². The molecule has 0 aliphatic carbocycles. The van der Waals surface area contributed by atoms with Crippen LogP contribution < -0.4 is 5.32 Å². The lowest BCUT2D eigenvalue weighted by molar-refractivity contribution is 0.813. The van der Waals surface area contributed by atoms with Crippen molar-refractivity contribution >= 4 is 0 Å². The van der Waals surface area contributed by atoms with Crippen LogP contribution in [0.3, 0.4) is 0 Å². The molecule has 2 rings (SSSR count). The molecule has 2 heteroatoms. The van der Waals surface area contributed by atoms with Crippen LogP contribution in [-0.2, 0) is 6.54 Å². The number of aromatic nitrogens is 1. The third kappa shape index (κ3) is 2.53. The van der Waals surface area contributed by atoms with E-state index in [4.69, 9.17) is 0 Å². The molecule has 0 saturated heterocycles. The fourth-order valence-electron chi connectivity index (χ4n) is 2.00. The minimum absolute atomic E-state index is 0.853. The number of hydrogen-bond donors (Lipinski definition) is 1. The first-order valence-electron chi connectivity index (χ1n) is 5.87. The minimum atomic E-state index is 0.853. The maximum absolute atomic E-state index is 4.31. The fraction of sp³-hybridized carbons (Fsp3) is 0.267. The Morgan fingerprint density at radius 3 is 2.76 bits per heavy atom. The van der Waals surface area contributed by atoms with E-state index >= 15 is 0 Å². The molecule has 17 heavy (non-hydrogen) atoms. The predicted molar refractivity (Wildman–Crippen MR) is 71.9 cm³/mol. The zero-order valence-electron chi connectivity index (χ0n) is 10.6. The molecule has 1 heterocycles. The van der Waals surface area contributed by atoms with Crippen molar-refractivity contribution in [3.63, 3.8) is 0 Å². The molecule has 0 fully saturated rings. The van der Waals surface area contributed by atoms with Crippen molar-refractivity contribution in [2.24, 2.45) is 0 Å². The third-order valence-corrected chi connectivity index (χ3v) is 3.09. The molecule has 0 unspecified atom stereocenters. The summed E-state index contributed by atoms with van der Waals surface area (Å²) >= 11 is 0. The molecule has 0 aliphatic heterocycles. The van der Waals surface area contributed by atoms with E-state index in [0.717, 1.165) is 6.54 Å². The first-order chi connectivity index (χ1) is 8.22. The second kappa shape index (κ2) is 5.11. The van der Waals surface area contributed by atoms with Gasteiger partial charge in [0, 0.05) is 24.5 Å². The normalized spacial score (nSPS) is 10.5. The average molecular weight is 226 g/mol. The molecule has 1 N–H and O–H groups in total. The molecule has 88 valence electrons. The minimum Gasteiger partial charge on any atom is -0.316 e. The lowest BCUT2D eigenvalue weighted by Gasteiger charge is -2.09. The van der Waals surface area contributed by atoms with Crippen LogP contribution in [0.15, 0.2) is 36.7 Å². The van der Waals surface area contributed by atoms with Gasteiger partial charge in [-0.05, 0) is 49.2 Å². The molecule has 2 nitrogen and oxygen atoms in total. The van der Waals surface area contributed by atoms with E-state index in [1.165, 1.54) is 27.8 Å². The van der Waals surface area contributed by atoms with E-state index in [9.17, 15) is 0 Å². The Hall–Kier alpha value is -1.67. The second-order valence-electron chi connectivity index (χ2n) is 4.36. The Bertz CT molecular complexity index is 518. The van der Waals surface area contributed by atoms with Crippen LogP contribution in [0, 0.1) is 13.8 Å². The van der Waals surface area contributed by atoms with Crippen LogP contribution in [0.1, 0.15) is 16.7 Å². The van der Waals surface area contributed by atoms with Gasteiger partial charge in [-0.2, -0.15) is 0 Å². The zero-order valence-corrected chi connectivity index (χ0v) is 10.6. The van der Waals surface area contributed by atoms with Gasteiger partial charge in [0.1, 0.15) is 0 Å². The van der Waals surface area contributed by atoms with Gasteiger partial charge in [0.2, 0.25) is 0 Å². The number of hydrogen-bond acceptors (Lipinski definition) is 2. The fourth-order valence-corrected chi connectivity index (χ4v) is 2.00. The predicted octanol–water partition coefficient (Wildman–Crippen LogP) is 3.08. The molecule has 0 saturated carbocycles. The summed E-state index contributed by atoms with van der Waals surface area (Å²) in [6.07, 6.45) is 3.84. The van der Waals surface area contributed by atoms with Gasteiger partial charge in [-0.1, -0.05) is 18.2 Å². The lowest BCUT2D eigenvalue weighted by atomic mass is 9.97. The number of nitrogens with zero attached hydrogens (tertiary/aromatic N) is 1. The number of benzene rings is 1. The van der Waals surface area contributed by atoms with Crippen LogP contribution in [0.5, 0.6) is 0 Å². The van der Waals surface area contributed by atoms with E-state index in [0.29, 0.717) is 0 Å². The summed E-state index contributed by atoms with van der Waals surface area (Å²) in [6, 6.07) is 8.60. The van der Waals surface area contributed by atoms with Gasteiger partial charge in [-0.25, -0.2) is 0 Å². The second-order valence-corrected chi connectivity index (χ2v) is 4.36. The summed E-state index contributed by atoms with van der Waals surface area (Å²) in [7, 11) is 1.95. The van der Waals surface area contributed by atoms with Crippen molar-refractivity contribution in [1.82, 2.24) is 10.3 Å². The van der Waals surface area contributed by atoms with E-state index in [-0.39, 0.29) is 0 Å². The summed E-state index contributed by atoms with van der Waals surface area (Å²) in [5.41, 5.74) is 6.33. The number of nitrogens with one attached hydrogen (secondary N) is 1. The Morgan fingerprint density at radius 1 is 1.18 bits per heavy atom. The smallest absolute Gasteiger partial charge is 0.0346 e. The lowest BCUT2D eigenvalue weighted by Crippen LogP contribution is -2.05. The molecular weight excluding hydrogens is 208 g/mol. The van der Waals surface area contributed by atoms with Gasteiger partial charge in [0.05, 0.1) is 0 Å². The van der Waals surface area contributed by atoms with Crippen LogP contribution in [-0.4, -0.2) is 12.0 Å². The summed E-state index contributed by atoms with van der Waals surface area (Å²) in [4.78, 5) is 4.31. The largest absolute Gasteiger partial charge is 0.316 e. The van der Waals surface area contributed by atoms with E-state index in [1.54, 1.807) is 0 Å². The topological polar surface area (TPSA) is 24.9 Å². The Labute approximate surface area is 103 Å². The molecule has 0 aliphatic rings. The monoisotopic (exact) mass is 226 g/mol. The summed E-state index contributed by atoms with van der Waals surface area (Å²) in [5.74, 6) is 0. The standard InChI is InChI=1S/C15H18N2/c1-11-5-4-6-15(12(11)2)14-7-13(8-16-3)9-17-10-14/h4-7,9-10,16H,8H2,1-3H3. The number of aryl methyl sites for hydroxylation is 1. The molecular formula is C15H18N2. The molecule has 1 aromatic carbocycles. The quantitative estimate of drug-likeness (QED) is 0.870. The number of rotatable bonds is 3. The molecule has 1 aromatic heterocycles. The van der Waals surface area contributed by atoms with Crippen LogP contribution in [0.2, 0.25) is 0 Å². The molecule has 0 atom stereocenters. The molecule has 0 spiro atoms. The number of pyridine rings is 1. The van der Waals surface area contributed by atoms with Crippen LogP contribution in [0.25, 0.3) is 11.1 Å².